The zero-order valence-electron chi connectivity index (χ0n) is 47.5. The molecular formula is C70H114O. The quantitative estimate of drug-likeness (QED) is 0.0635. The molecule has 0 bridgehead atoms. The summed E-state index contributed by atoms with van der Waals surface area (Å²) in [4.78, 5) is 0. The second-order valence-corrected chi connectivity index (χ2v) is 24.9. The minimum absolute atomic E-state index is 0.658. The second kappa shape index (κ2) is 35.2. The highest BCUT2D eigenvalue weighted by Crippen LogP contribution is 2.42. The fourth-order valence-electron chi connectivity index (χ4n) is 14.5. The molecular weight excluding hydrogens is 857 g/mol. The Bertz CT molecular complexity index is 1540. The van der Waals surface area contributed by atoms with Gasteiger partial charge in [-0.1, -0.05) is 268 Å². The molecule has 2 aromatic rings. The molecule has 0 heterocycles. The third kappa shape index (κ3) is 21.9. The van der Waals surface area contributed by atoms with Gasteiger partial charge < -0.3 is 4.74 Å². The van der Waals surface area contributed by atoms with E-state index < -0.39 is 0 Å². The van der Waals surface area contributed by atoms with E-state index in [1.54, 1.807) is 22.3 Å². The Morgan fingerprint density at radius 2 is 0.606 bits per heavy atom. The minimum atomic E-state index is 0.658. The molecule has 6 rings (SSSR count). The first-order valence-electron chi connectivity index (χ1n) is 32.2. The van der Waals surface area contributed by atoms with Crippen molar-refractivity contribution in [3.8, 4) is 0 Å². The van der Waals surface area contributed by atoms with Crippen LogP contribution in [0.5, 0.6) is 0 Å². The lowest BCUT2D eigenvalue weighted by Gasteiger charge is -2.31. The molecule has 400 valence electrons. The smallest absolute Gasteiger partial charge is 0.0657 e. The molecule has 0 radical (unpaired) electrons. The lowest BCUT2D eigenvalue weighted by molar-refractivity contribution is 0.193. The number of benzene rings is 2. The summed E-state index contributed by atoms with van der Waals surface area (Å²) in [5.74, 6) is 7.07. The van der Waals surface area contributed by atoms with Crippen LogP contribution in [0.25, 0.3) is 11.1 Å². The van der Waals surface area contributed by atoms with Crippen LogP contribution in [0.15, 0.2) is 60.7 Å². The second-order valence-electron chi connectivity index (χ2n) is 24.9. The molecule has 0 spiro atoms. The Kier molecular flexibility index (Phi) is 28.8. The van der Waals surface area contributed by atoms with Gasteiger partial charge in [0.2, 0.25) is 0 Å². The number of rotatable bonds is 34. The van der Waals surface area contributed by atoms with Crippen LogP contribution in [0, 0.1) is 47.3 Å². The van der Waals surface area contributed by atoms with Crippen molar-refractivity contribution in [2.24, 2.45) is 47.3 Å². The topological polar surface area (TPSA) is 9.23 Å². The number of unbranched alkanes of at least 4 members (excludes halogenated alkanes) is 12. The normalized spacial score (nSPS) is 25.7. The van der Waals surface area contributed by atoms with Gasteiger partial charge in [0, 0.05) is 0 Å². The molecule has 1 heteroatoms. The fraction of sp³-hybridized carbons (Fsp3) is 0.771. The molecule has 0 aromatic heterocycles. The lowest BCUT2D eigenvalue weighted by Crippen LogP contribution is -2.17. The van der Waals surface area contributed by atoms with Crippen LogP contribution in [0.1, 0.15) is 294 Å². The monoisotopic (exact) mass is 971 g/mol. The van der Waals surface area contributed by atoms with E-state index in [2.05, 4.69) is 88.4 Å². The maximum absolute atomic E-state index is 6.69. The van der Waals surface area contributed by atoms with E-state index in [-0.39, 0.29) is 0 Å². The largest absolute Gasteiger partial charge is 0.373 e. The van der Waals surface area contributed by atoms with Gasteiger partial charge in [0.15, 0.2) is 0 Å². The Hall–Kier alpha value is -2.12. The standard InChI is InChI=1S/C70H114O/c1-5-9-13-15-19-23-57-25-29-61(30-26-57)33-35-63-41-49-67(50-42-63)69(65-45-37-59(38-46-65)21-17-11-7-3)53-55-71-56-54-70(66-47-39-60(40-48-66)22-18-12-8-4)68-51-43-64(44-52-68)36-34-62-31-27-58(28-32-62)24-20-16-14-10-6-2/h41-44,49-54,57-62,65-66H,5-40,45-48,55-56H2,1-4H3/t57-,58-,59-,60-,61-,62-,65-,66-. The molecule has 4 aliphatic rings. The first-order valence-corrected chi connectivity index (χ1v) is 32.2. The summed E-state index contributed by atoms with van der Waals surface area (Å²) in [6.07, 6.45) is 61.6. The van der Waals surface area contributed by atoms with Crippen LogP contribution in [0.4, 0.5) is 0 Å². The van der Waals surface area contributed by atoms with Gasteiger partial charge in [-0.3, -0.25) is 0 Å². The highest BCUT2D eigenvalue weighted by Gasteiger charge is 2.27. The van der Waals surface area contributed by atoms with Crippen LogP contribution < -0.4 is 0 Å². The highest BCUT2D eigenvalue weighted by atomic mass is 16.5. The van der Waals surface area contributed by atoms with E-state index >= 15 is 0 Å². The number of allylic oxidation sites excluding steroid dienone is 2. The van der Waals surface area contributed by atoms with E-state index in [1.807, 2.05) is 0 Å². The molecule has 4 fully saturated rings. The zero-order valence-corrected chi connectivity index (χ0v) is 47.5. The number of aryl methyl sites for hydroxylation is 2. The highest BCUT2D eigenvalue weighted by molar-refractivity contribution is 5.69. The first kappa shape index (κ1) is 58.1. The number of hydrogen-bond donors (Lipinski definition) is 0. The minimum Gasteiger partial charge on any atom is -0.373 e. The zero-order chi connectivity index (χ0) is 49.6. The Labute approximate surface area is 441 Å². The van der Waals surface area contributed by atoms with Gasteiger partial charge >= 0.3 is 0 Å². The maximum atomic E-state index is 6.69. The van der Waals surface area contributed by atoms with E-state index in [0.29, 0.717) is 25.0 Å². The summed E-state index contributed by atoms with van der Waals surface area (Å²) in [5.41, 5.74) is 9.15. The van der Waals surface area contributed by atoms with Crippen molar-refractivity contribution in [3.05, 3.63) is 82.9 Å². The first-order chi connectivity index (χ1) is 35.0. The Morgan fingerprint density at radius 1 is 0.338 bits per heavy atom. The van der Waals surface area contributed by atoms with Crippen molar-refractivity contribution in [2.45, 2.75) is 285 Å². The third-order valence-electron chi connectivity index (χ3n) is 19.5. The molecule has 1 nitrogen and oxygen atoms in total. The molecule has 0 N–H and O–H groups in total. The summed E-state index contributed by atoms with van der Waals surface area (Å²) in [5, 5.41) is 0. The fourth-order valence-corrected chi connectivity index (χ4v) is 14.5. The molecule has 4 saturated carbocycles. The van der Waals surface area contributed by atoms with Gasteiger partial charge in [-0.25, -0.2) is 0 Å². The van der Waals surface area contributed by atoms with E-state index in [9.17, 15) is 0 Å². The van der Waals surface area contributed by atoms with Crippen molar-refractivity contribution in [3.63, 3.8) is 0 Å². The van der Waals surface area contributed by atoms with Gasteiger partial charge in [0.05, 0.1) is 13.2 Å². The summed E-state index contributed by atoms with van der Waals surface area (Å²) < 4.78 is 6.69. The summed E-state index contributed by atoms with van der Waals surface area (Å²) in [6.45, 7) is 10.8. The lowest BCUT2D eigenvalue weighted by atomic mass is 9.75. The SMILES string of the molecule is CCCCCCC[C@H]1CC[C@H](CCc2ccc(C(=CCOCC=C(c3ccc(CC[C@H]4CC[C@H](CCCCCCC)CC4)cc3)[C@H]3CC[C@H](CCCCC)CC3)[C@H]3CC[C@H](CCCCC)CC3)cc2)CC1. The average Bonchev–Trinajstić information content (AvgIpc) is 3.41. The summed E-state index contributed by atoms with van der Waals surface area (Å²) in [6, 6.07) is 19.9. The molecule has 4 aliphatic carbocycles. The van der Waals surface area contributed by atoms with Crippen LogP contribution in [0.3, 0.4) is 0 Å². The Morgan fingerprint density at radius 3 is 0.930 bits per heavy atom. The summed E-state index contributed by atoms with van der Waals surface area (Å²) >= 11 is 0. The van der Waals surface area contributed by atoms with Crippen molar-refractivity contribution in [1.29, 1.82) is 0 Å². The van der Waals surface area contributed by atoms with Gasteiger partial charge in [-0.15, -0.1) is 0 Å². The van der Waals surface area contributed by atoms with Crippen molar-refractivity contribution in [2.75, 3.05) is 13.2 Å². The van der Waals surface area contributed by atoms with Crippen molar-refractivity contribution in [1.82, 2.24) is 0 Å². The van der Waals surface area contributed by atoms with Crippen LogP contribution in [-0.2, 0) is 17.6 Å². The molecule has 71 heavy (non-hydrogen) atoms. The van der Waals surface area contributed by atoms with Gasteiger partial charge in [0.1, 0.15) is 0 Å². The van der Waals surface area contributed by atoms with Crippen molar-refractivity contribution < 1.29 is 4.74 Å². The molecule has 0 atom stereocenters. The maximum Gasteiger partial charge on any atom is 0.0657 e. The van der Waals surface area contributed by atoms with Gasteiger partial charge in [-0.2, -0.15) is 0 Å². The molecule has 0 unspecified atom stereocenters. The van der Waals surface area contributed by atoms with Gasteiger partial charge in [-0.05, 0) is 158 Å². The van der Waals surface area contributed by atoms with Crippen LogP contribution in [0.2, 0.25) is 0 Å². The predicted molar refractivity (Wildman–Crippen MR) is 313 cm³/mol. The van der Waals surface area contributed by atoms with E-state index in [1.165, 1.54) is 268 Å². The van der Waals surface area contributed by atoms with E-state index in [0.717, 1.165) is 35.5 Å². The van der Waals surface area contributed by atoms with E-state index in [4.69, 9.17) is 4.74 Å². The van der Waals surface area contributed by atoms with Crippen LogP contribution in [-0.4, -0.2) is 13.2 Å². The Balaban J connectivity index is 1.04. The van der Waals surface area contributed by atoms with Gasteiger partial charge in [0.25, 0.3) is 0 Å². The van der Waals surface area contributed by atoms with Crippen molar-refractivity contribution >= 4 is 11.1 Å². The summed E-state index contributed by atoms with van der Waals surface area (Å²) in [7, 11) is 0. The van der Waals surface area contributed by atoms with Crippen LogP contribution >= 0.6 is 0 Å². The third-order valence-corrected chi connectivity index (χ3v) is 19.5. The predicted octanol–water partition coefficient (Wildman–Crippen LogP) is 22.1. The average molecular weight is 972 g/mol. The number of ether oxygens (including phenoxy) is 1. The number of hydrogen-bond acceptors (Lipinski definition) is 1. The molecule has 0 saturated heterocycles. The molecule has 0 amide bonds. The molecule has 0 aliphatic heterocycles. The molecule has 2 aromatic carbocycles.